The van der Waals surface area contributed by atoms with Crippen LogP contribution < -0.4 is 5.56 Å². The van der Waals surface area contributed by atoms with Crippen LogP contribution in [0.2, 0.25) is 5.02 Å². The number of nitrogens with zero attached hydrogens (tertiary/aromatic N) is 3. The Morgan fingerprint density at radius 3 is 2.71 bits per heavy atom. The zero-order valence-corrected chi connectivity index (χ0v) is 15.8. The predicted octanol–water partition coefficient (Wildman–Crippen LogP) is 2.56. The summed E-state index contributed by atoms with van der Waals surface area (Å²) in [6, 6.07) is 5.19. The standard InChI is InChI=1S/C18H16ClN3O6/c1-10-12(9-20)17(24)21(6-3-7-28-2)18(25)15(10)16(23)11-4-5-13(19)14(8-11)22(26)27/h4-5,8,25H,3,6-7H2,1-2H3. The number of hydrogen-bond donors (Lipinski definition) is 1. The van der Waals surface area contributed by atoms with E-state index in [0.29, 0.717) is 13.0 Å². The molecule has 0 radical (unpaired) electrons. The quantitative estimate of drug-likeness (QED) is 0.323. The van der Waals surface area contributed by atoms with Crippen molar-refractivity contribution in [2.75, 3.05) is 13.7 Å². The molecule has 0 spiro atoms. The zero-order valence-electron chi connectivity index (χ0n) is 15.1. The highest BCUT2D eigenvalue weighted by atomic mass is 35.5. The van der Waals surface area contributed by atoms with Gasteiger partial charge >= 0.3 is 0 Å². The minimum atomic E-state index is -0.772. The molecule has 2 rings (SSSR count). The van der Waals surface area contributed by atoms with Crippen LogP contribution in [-0.2, 0) is 11.3 Å². The number of nitriles is 1. The molecule has 0 aliphatic carbocycles. The molecule has 28 heavy (non-hydrogen) atoms. The van der Waals surface area contributed by atoms with Crippen molar-refractivity contribution >= 4 is 23.1 Å². The molecule has 0 atom stereocenters. The van der Waals surface area contributed by atoms with Gasteiger partial charge in [0, 0.05) is 31.9 Å². The SMILES string of the molecule is COCCCn1c(O)c(C(=O)c2ccc(Cl)c([N+](=O)[O-])c2)c(C)c(C#N)c1=O. The Hall–Kier alpha value is -3.22. The average Bonchev–Trinajstić information content (AvgIpc) is 2.65. The maximum absolute atomic E-state index is 13.0. The second kappa shape index (κ2) is 8.65. The Morgan fingerprint density at radius 2 is 2.14 bits per heavy atom. The summed E-state index contributed by atoms with van der Waals surface area (Å²) in [5.74, 6) is -1.38. The minimum absolute atomic E-state index is 0.00408. The first kappa shape index (κ1) is 21.1. The van der Waals surface area contributed by atoms with Crippen molar-refractivity contribution in [2.45, 2.75) is 19.9 Å². The lowest BCUT2D eigenvalue weighted by atomic mass is 9.97. The van der Waals surface area contributed by atoms with Crippen LogP contribution in [-0.4, -0.2) is 34.1 Å². The van der Waals surface area contributed by atoms with Gasteiger partial charge in [-0.05, 0) is 31.0 Å². The molecular formula is C18H16ClN3O6. The lowest BCUT2D eigenvalue weighted by Gasteiger charge is -2.15. The molecule has 0 saturated carbocycles. The fourth-order valence-corrected chi connectivity index (χ4v) is 2.92. The van der Waals surface area contributed by atoms with Crippen LogP contribution in [0.4, 0.5) is 5.69 Å². The number of hydrogen-bond acceptors (Lipinski definition) is 7. The molecule has 9 nitrogen and oxygen atoms in total. The fourth-order valence-electron chi connectivity index (χ4n) is 2.74. The number of benzene rings is 1. The molecule has 1 aromatic heterocycles. The van der Waals surface area contributed by atoms with Crippen LogP contribution in [0.25, 0.3) is 0 Å². The summed E-state index contributed by atoms with van der Waals surface area (Å²) in [5, 5.41) is 30.8. The van der Waals surface area contributed by atoms with Gasteiger partial charge < -0.3 is 9.84 Å². The summed E-state index contributed by atoms with van der Waals surface area (Å²) >= 11 is 5.77. The van der Waals surface area contributed by atoms with Gasteiger partial charge in [0.25, 0.3) is 11.2 Å². The van der Waals surface area contributed by atoms with Crippen LogP contribution in [0.15, 0.2) is 23.0 Å². The number of halogens is 1. The van der Waals surface area contributed by atoms with Crippen LogP contribution in [0.1, 0.15) is 33.5 Å². The van der Waals surface area contributed by atoms with Gasteiger partial charge in [0.15, 0.2) is 5.78 Å². The predicted molar refractivity (Wildman–Crippen MR) is 99.9 cm³/mol. The smallest absolute Gasteiger partial charge is 0.288 e. The number of carbonyl (C=O) groups excluding carboxylic acids is 1. The average molecular weight is 406 g/mol. The minimum Gasteiger partial charge on any atom is -0.494 e. The third-order valence-corrected chi connectivity index (χ3v) is 4.48. The zero-order chi connectivity index (χ0) is 21.0. The Balaban J connectivity index is 2.68. The first-order chi connectivity index (χ1) is 13.2. The van der Waals surface area contributed by atoms with Crippen molar-refractivity contribution in [3.8, 4) is 11.9 Å². The molecule has 10 heteroatoms. The van der Waals surface area contributed by atoms with E-state index in [0.717, 1.165) is 10.6 Å². The van der Waals surface area contributed by atoms with Gasteiger partial charge in [0.1, 0.15) is 16.7 Å². The lowest BCUT2D eigenvalue weighted by molar-refractivity contribution is -0.384. The van der Waals surface area contributed by atoms with Crippen LogP contribution >= 0.6 is 11.6 Å². The Labute approximate surface area is 164 Å². The van der Waals surface area contributed by atoms with Gasteiger partial charge in [-0.2, -0.15) is 5.26 Å². The fraction of sp³-hybridized carbons (Fsp3) is 0.278. The van der Waals surface area contributed by atoms with Crippen molar-refractivity contribution in [3.05, 3.63) is 65.9 Å². The Morgan fingerprint density at radius 1 is 1.46 bits per heavy atom. The van der Waals surface area contributed by atoms with Crippen molar-refractivity contribution in [2.24, 2.45) is 0 Å². The third kappa shape index (κ3) is 3.88. The molecule has 0 bridgehead atoms. The van der Waals surface area contributed by atoms with E-state index in [1.165, 1.54) is 26.2 Å². The Kier molecular flexibility index (Phi) is 6.51. The van der Waals surface area contributed by atoms with Gasteiger partial charge in [-0.15, -0.1) is 0 Å². The highest BCUT2D eigenvalue weighted by molar-refractivity contribution is 6.32. The summed E-state index contributed by atoms with van der Waals surface area (Å²) in [4.78, 5) is 35.8. The van der Waals surface area contributed by atoms with Crippen LogP contribution in [0.5, 0.6) is 5.88 Å². The Bertz CT molecular complexity index is 1050. The summed E-state index contributed by atoms with van der Waals surface area (Å²) in [5.41, 5.74) is -1.88. The lowest BCUT2D eigenvalue weighted by Crippen LogP contribution is -2.27. The molecule has 1 heterocycles. The summed E-state index contributed by atoms with van der Waals surface area (Å²) in [6.45, 7) is 1.68. The van der Waals surface area contributed by atoms with Gasteiger partial charge in [-0.1, -0.05) is 11.6 Å². The van der Waals surface area contributed by atoms with E-state index in [1.807, 2.05) is 0 Å². The van der Waals surface area contributed by atoms with Crippen molar-refractivity contribution < 1.29 is 19.6 Å². The van der Waals surface area contributed by atoms with E-state index in [-0.39, 0.29) is 33.8 Å². The summed E-state index contributed by atoms with van der Waals surface area (Å²) in [6.07, 6.45) is 0.359. The number of nitro benzene ring substituents is 1. The van der Waals surface area contributed by atoms with Crippen LogP contribution in [0.3, 0.4) is 0 Å². The van der Waals surface area contributed by atoms with Gasteiger partial charge in [-0.3, -0.25) is 24.3 Å². The summed E-state index contributed by atoms with van der Waals surface area (Å²) in [7, 11) is 1.47. The highest BCUT2D eigenvalue weighted by Gasteiger charge is 2.26. The van der Waals surface area contributed by atoms with Gasteiger partial charge in [0.05, 0.1) is 10.5 Å². The number of carbonyl (C=O) groups is 1. The van der Waals surface area contributed by atoms with E-state index in [2.05, 4.69) is 0 Å². The van der Waals surface area contributed by atoms with Crippen molar-refractivity contribution in [1.82, 2.24) is 4.57 Å². The molecule has 0 aliphatic rings. The number of aromatic nitrogens is 1. The van der Waals surface area contributed by atoms with Gasteiger partial charge in [0.2, 0.25) is 5.88 Å². The molecule has 1 N–H and O–H groups in total. The molecule has 0 fully saturated rings. The third-order valence-electron chi connectivity index (χ3n) is 4.16. The molecule has 2 aromatic rings. The first-order valence-electron chi connectivity index (χ1n) is 8.08. The number of ether oxygens (including phenoxy) is 1. The van der Waals surface area contributed by atoms with E-state index in [4.69, 9.17) is 16.3 Å². The normalized spacial score (nSPS) is 10.5. The second-order valence-electron chi connectivity index (χ2n) is 5.87. The van der Waals surface area contributed by atoms with Crippen LogP contribution in [0, 0.1) is 28.4 Å². The highest BCUT2D eigenvalue weighted by Crippen LogP contribution is 2.29. The maximum atomic E-state index is 13.0. The summed E-state index contributed by atoms with van der Waals surface area (Å²) < 4.78 is 5.83. The largest absolute Gasteiger partial charge is 0.494 e. The molecule has 1 aromatic carbocycles. The molecule has 146 valence electrons. The van der Waals surface area contributed by atoms with Crippen molar-refractivity contribution in [3.63, 3.8) is 0 Å². The number of aromatic hydroxyl groups is 1. The molecule has 0 aliphatic heterocycles. The monoisotopic (exact) mass is 405 g/mol. The molecular weight excluding hydrogens is 390 g/mol. The first-order valence-corrected chi connectivity index (χ1v) is 8.46. The number of pyridine rings is 1. The number of rotatable bonds is 7. The topological polar surface area (TPSA) is 135 Å². The molecule has 0 amide bonds. The van der Waals surface area contributed by atoms with Gasteiger partial charge in [-0.25, -0.2) is 0 Å². The number of ketones is 1. The number of nitro groups is 1. The maximum Gasteiger partial charge on any atom is 0.288 e. The van der Waals surface area contributed by atoms with E-state index in [1.54, 1.807) is 6.07 Å². The van der Waals surface area contributed by atoms with Crippen molar-refractivity contribution in [1.29, 1.82) is 5.26 Å². The van der Waals surface area contributed by atoms with E-state index >= 15 is 0 Å². The van der Waals surface area contributed by atoms with E-state index < -0.39 is 27.8 Å². The van der Waals surface area contributed by atoms with E-state index in [9.17, 15) is 30.1 Å². The molecule has 0 unspecified atom stereocenters. The second-order valence-corrected chi connectivity index (χ2v) is 6.27. The number of methoxy groups -OCH3 is 1. The molecule has 0 saturated heterocycles.